The first-order valence-electron chi connectivity index (χ1n) is 11.0. The van der Waals surface area contributed by atoms with E-state index in [-0.39, 0.29) is 5.56 Å². The van der Waals surface area contributed by atoms with Crippen LogP contribution in [-0.2, 0) is 13.0 Å². The van der Waals surface area contributed by atoms with E-state index in [9.17, 15) is 4.79 Å². The predicted molar refractivity (Wildman–Crippen MR) is 128 cm³/mol. The van der Waals surface area contributed by atoms with Crippen LogP contribution in [-0.4, -0.2) is 27.6 Å². The Balaban J connectivity index is 1.41. The number of aromatic nitrogens is 3. The molecule has 0 fully saturated rings. The number of benzene rings is 2. The lowest BCUT2D eigenvalue weighted by molar-refractivity contribution is 0.574. The molecule has 0 aliphatic carbocycles. The molecule has 0 amide bonds. The highest BCUT2D eigenvalue weighted by molar-refractivity contribution is 5.70. The Hall–Kier alpha value is -3.93. The number of pyridine rings is 1. The number of nitrogens with zero attached hydrogens (tertiary/aromatic N) is 4. The number of rotatable bonds is 6. The third-order valence-electron chi connectivity index (χ3n) is 5.75. The summed E-state index contributed by atoms with van der Waals surface area (Å²) in [6.45, 7) is 2.31. The number of nitrogens with one attached hydrogen (secondary N) is 1. The van der Waals surface area contributed by atoms with E-state index in [1.807, 2.05) is 47.0 Å². The van der Waals surface area contributed by atoms with Crippen LogP contribution in [0.1, 0.15) is 12.0 Å². The Labute approximate surface area is 187 Å². The Morgan fingerprint density at radius 1 is 0.844 bits per heavy atom. The van der Waals surface area contributed by atoms with Gasteiger partial charge >= 0.3 is 0 Å². The van der Waals surface area contributed by atoms with Crippen LogP contribution in [0.25, 0.3) is 11.1 Å². The summed E-state index contributed by atoms with van der Waals surface area (Å²) in [5, 5.41) is 3.40. The maximum absolute atomic E-state index is 12.9. The molecule has 1 aliphatic rings. The lowest BCUT2D eigenvalue weighted by Crippen LogP contribution is -2.35. The number of anilines is 3. The van der Waals surface area contributed by atoms with E-state index in [1.165, 1.54) is 5.56 Å². The van der Waals surface area contributed by atoms with Crippen molar-refractivity contribution in [2.75, 3.05) is 23.3 Å². The van der Waals surface area contributed by atoms with Crippen LogP contribution in [0.2, 0.25) is 0 Å². The summed E-state index contributed by atoms with van der Waals surface area (Å²) >= 11 is 0. The second-order valence-corrected chi connectivity index (χ2v) is 7.89. The SMILES string of the molecule is O=c1cc(-c2ccccc2)cc2n1CCCN2c1cc(NCCc2ccccc2)ncn1. The number of fused-ring (bicyclic) bond motifs is 1. The molecule has 6 nitrogen and oxygen atoms in total. The molecular formula is C26H25N5O. The molecule has 160 valence electrons. The second-order valence-electron chi connectivity index (χ2n) is 7.89. The minimum Gasteiger partial charge on any atom is -0.370 e. The molecule has 3 heterocycles. The van der Waals surface area contributed by atoms with Gasteiger partial charge in [0.1, 0.15) is 23.8 Å². The van der Waals surface area contributed by atoms with Crippen molar-refractivity contribution in [1.29, 1.82) is 0 Å². The van der Waals surface area contributed by atoms with Gasteiger partial charge in [-0.3, -0.25) is 9.36 Å². The lowest BCUT2D eigenvalue weighted by Gasteiger charge is -2.31. The summed E-state index contributed by atoms with van der Waals surface area (Å²) in [5.74, 6) is 2.45. The van der Waals surface area contributed by atoms with Crippen LogP contribution in [0, 0.1) is 0 Å². The Morgan fingerprint density at radius 2 is 1.62 bits per heavy atom. The summed E-state index contributed by atoms with van der Waals surface area (Å²) in [4.78, 5) is 23.9. The van der Waals surface area contributed by atoms with Gasteiger partial charge < -0.3 is 10.2 Å². The van der Waals surface area contributed by atoms with Gasteiger partial charge in [-0.25, -0.2) is 9.97 Å². The molecule has 0 atom stereocenters. The molecule has 2 aromatic carbocycles. The molecule has 1 aliphatic heterocycles. The van der Waals surface area contributed by atoms with Gasteiger partial charge in [-0.1, -0.05) is 60.7 Å². The molecule has 0 unspecified atom stereocenters. The molecule has 0 saturated carbocycles. The highest BCUT2D eigenvalue weighted by Crippen LogP contribution is 2.30. The van der Waals surface area contributed by atoms with Crippen LogP contribution >= 0.6 is 0 Å². The second kappa shape index (κ2) is 9.06. The minimum absolute atomic E-state index is 0.0151. The summed E-state index contributed by atoms with van der Waals surface area (Å²) in [6, 6.07) is 26.2. The van der Waals surface area contributed by atoms with Crippen LogP contribution in [0.4, 0.5) is 17.5 Å². The van der Waals surface area contributed by atoms with E-state index in [1.54, 1.807) is 12.4 Å². The first-order valence-corrected chi connectivity index (χ1v) is 11.0. The molecular weight excluding hydrogens is 398 g/mol. The molecule has 0 bridgehead atoms. The third kappa shape index (κ3) is 4.25. The van der Waals surface area contributed by atoms with Crippen molar-refractivity contribution in [1.82, 2.24) is 14.5 Å². The highest BCUT2D eigenvalue weighted by Gasteiger charge is 2.21. The largest absolute Gasteiger partial charge is 0.370 e. The molecule has 32 heavy (non-hydrogen) atoms. The normalized spacial score (nSPS) is 12.9. The predicted octanol–water partition coefficient (Wildman–Crippen LogP) is 4.50. The van der Waals surface area contributed by atoms with E-state index in [0.29, 0.717) is 6.54 Å². The van der Waals surface area contributed by atoms with E-state index >= 15 is 0 Å². The summed E-state index contributed by atoms with van der Waals surface area (Å²) < 4.78 is 1.83. The topological polar surface area (TPSA) is 63.1 Å². The van der Waals surface area contributed by atoms with Crippen molar-refractivity contribution in [2.45, 2.75) is 19.4 Å². The quantitative estimate of drug-likeness (QED) is 0.495. The fraction of sp³-hybridized carbons (Fsp3) is 0.192. The van der Waals surface area contributed by atoms with Gasteiger partial charge in [-0.05, 0) is 35.6 Å². The zero-order chi connectivity index (χ0) is 21.8. The van der Waals surface area contributed by atoms with E-state index in [4.69, 9.17) is 0 Å². The summed E-state index contributed by atoms with van der Waals surface area (Å²) in [6.07, 6.45) is 3.39. The lowest BCUT2D eigenvalue weighted by atomic mass is 10.1. The first kappa shape index (κ1) is 20.0. The smallest absolute Gasteiger partial charge is 0.252 e. The zero-order valence-electron chi connectivity index (χ0n) is 17.8. The maximum Gasteiger partial charge on any atom is 0.252 e. The molecule has 4 aromatic rings. The maximum atomic E-state index is 12.9. The number of hydrogen-bond donors (Lipinski definition) is 1. The molecule has 1 N–H and O–H groups in total. The summed E-state index contributed by atoms with van der Waals surface area (Å²) in [7, 11) is 0. The number of hydrogen-bond acceptors (Lipinski definition) is 5. The monoisotopic (exact) mass is 423 g/mol. The standard InChI is InChI=1S/C26H25N5O/c32-26-17-22(21-10-5-2-6-11-21)16-25-30(14-7-15-31(25)26)24-18-23(28-19-29-24)27-13-12-20-8-3-1-4-9-20/h1-6,8-11,16-19H,7,12-15H2,(H,27,28,29). The average molecular weight is 424 g/mol. The van der Waals surface area contributed by atoms with Crippen molar-refractivity contribution in [3.8, 4) is 11.1 Å². The Morgan fingerprint density at radius 3 is 2.44 bits per heavy atom. The van der Waals surface area contributed by atoms with Crippen molar-refractivity contribution >= 4 is 17.5 Å². The Bertz CT molecular complexity index is 1250. The van der Waals surface area contributed by atoms with Crippen LogP contribution < -0.4 is 15.8 Å². The molecule has 0 radical (unpaired) electrons. The van der Waals surface area contributed by atoms with E-state index in [2.05, 4.69) is 50.5 Å². The molecule has 6 heteroatoms. The average Bonchev–Trinajstić information content (AvgIpc) is 2.85. The van der Waals surface area contributed by atoms with Gasteiger partial charge in [0.2, 0.25) is 0 Å². The van der Waals surface area contributed by atoms with Crippen LogP contribution in [0.15, 0.2) is 90.0 Å². The van der Waals surface area contributed by atoms with Crippen molar-refractivity contribution in [3.63, 3.8) is 0 Å². The molecule has 2 aromatic heterocycles. The fourth-order valence-electron chi connectivity index (χ4n) is 4.13. The van der Waals surface area contributed by atoms with Gasteiger partial charge in [-0.2, -0.15) is 0 Å². The van der Waals surface area contributed by atoms with Gasteiger partial charge in [-0.15, -0.1) is 0 Å². The van der Waals surface area contributed by atoms with Crippen molar-refractivity contribution < 1.29 is 0 Å². The van der Waals surface area contributed by atoms with Crippen molar-refractivity contribution in [3.05, 3.63) is 101 Å². The Kier molecular flexibility index (Phi) is 5.66. The zero-order valence-corrected chi connectivity index (χ0v) is 17.8. The minimum atomic E-state index is 0.0151. The van der Waals surface area contributed by atoms with E-state index < -0.39 is 0 Å². The van der Waals surface area contributed by atoms with Gasteiger partial charge in [0.15, 0.2) is 0 Å². The highest BCUT2D eigenvalue weighted by atomic mass is 16.1. The van der Waals surface area contributed by atoms with Gasteiger partial charge in [0.25, 0.3) is 5.56 Å². The van der Waals surface area contributed by atoms with Gasteiger partial charge in [0, 0.05) is 31.8 Å². The first-order chi connectivity index (χ1) is 15.8. The molecule has 0 spiro atoms. The van der Waals surface area contributed by atoms with Crippen LogP contribution in [0.5, 0.6) is 0 Å². The van der Waals surface area contributed by atoms with Crippen molar-refractivity contribution in [2.24, 2.45) is 0 Å². The van der Waals surface area contributed by atoms with E-state index in [0.717, 1.165) is 54.5 Å². The molecule has 0 saturated heterocycles. The van der Waals surface area contributed by atoms with Gasteiger partial charge in [0.05, 0.1) is 0 Å². The fourth-order valence-corrected chi connectivity index (χ4v) is 4.13. The molecule has 5 rings (SSSR count). The summed E-state index contributed by atoms with van der Waals surface area (Å²) in [5.41, 5.74) is 3.25. The third-order valence-corrected chi connectivity index (χ3v) is 5.75. The van der Waals surface area contributed by atoms with Crippen LogP contribution in [0.3, 0.4) is 0 Å².